The predicted molar refractivity (Wildman–Crippen MR) is 117 cm³/mol. The average Bonchev–Trinajstić information content (AvgIpc) is 2.76. The van der Waals surface area contributed by atoms with Crippen molar-refractivity contribution in [2.75, 3.05) is 5.32 Å². The molecule has 1 heterocycles. The van der Waals surface area contributed by atoms with E-state index in [2.05, 4.69) is 10.3 Å². The number of carboxylic acids is 1. The lowest BCUT2D eigenvalue weighted by Gasteiger charge is -2.09. The second-order valence-electron chi connectivity index (χ2n) is 7.27. The zero-order chi connectivity index (χ0) is 22.7. The Kier molecular flexibility index (Phi) is 5.76. The SMILES string of the molecule is O=C(Cc1cccc(F)c1)Nc1ccc2ncn(Cc3ccc(C(=O)O)cc3)c(=O)c2c1. The van der Waals surface area contributed by atoms with Gasteiger partial charge in [-0.25, -0.2) is 14.2 Å². The molecule has 8 heteroatoms. The minimum absolute atomic E-state index is 0.000588. The number of halogens is 1. The maximum Gasteiger partial charge on any atom is 0.335 e. The predicted octanol–water partition coefficient (Wildman–Crippen LogP) is 3.46. The summed E-state index contributed by atoms with van der Waals surface area (Å²) >= 11 is 0. The van der Waals surface area contributed by atoms with E-state index in [4.69, 9.17) is 5.11 Å². The second-order valence-corrected chi connectivity index (χ2v) is 7.27. The first kappa shape index (κ1) is 20.9. The van der Waals surface area contributed by atoms with Crippen molar-refractivity contribution in [3.63, 3.8) is 0 Å². The highest BCUT2D eigenvalue weighted by molar-refractivity contribution is 5.94. The van der Waals surface area contributed by atoms with Gasteiger partial charge in [0.2, 0.25) is 5.91 Å². The number of carboxylic acid groups (broad SMARTS) is 1. The maximum absolute atomic E-state index is 13.3. The van der Waals surface area contributed by atoms with Gasteiger partial charge in [0, 0.05) is 5.69 Å². The van der Waals surface area contributed by atoms with Crippen molar-refractivity contribution in [3.8, 4) is 0 Å². The molecule has 0 aliphatic rings. The molecule has 0 atom stereocenters. The van der Waals surface area contributed by atoms with Crippen molar-refractivity contribution in [3.05, 3.63) is 106 Å². The smallest absolute Gasteiger partial charge is 0.335 e. The van der Waals surface area contributed by atoms with Gasteiger partial charge in [0.25, 0.3) is 5.56 Å². The number of carbonyl (C=O) groups excluding carboxylic acids is 1. The summed E-state index contributed by atoms with van der Waals surface area (Å²) in [6.07, 6.45) is 1.43. The molecule has 32 heavy (non-hydrogen) atoms. The molecule has 0 unspecified atom stereocenters. The zero-order valence-electron chi connectivity index (χ0n) is 16.8. The highest BCUT2D eigenvalue weighted by Crippen LogP contribution is 2.16. The number of aromatic carboxylic acids is 1. The zero-order valence-corrected chi connectivity index (χ0v) is 16.8. The van der Waals surface area contributed by atoms with Crippen LogP contribution in [-0.2, 0) is 17.8 Å². The Hall–Kier alpha value is -4.33. The standard InChI is InChI=1S/C24H18FN3O4/c25-18-3-1-2-16(10-18)11-22(29)27-19-8-9-21-20(12-19)23(30)28(14-26-21)13-15-4-6-17(7-5-15)24(31)32/h1-10,12,14H,11,13H2,(H,27,29)(H,31,32). The molecule has 0 spiro atoms. The topological polar surface area (TPSA) is 101 Å². The molecule has 3 aromatic carbocycles. The number of nitrogens with one attached hydrogen (secondary N) is 1. The summed E-state index contributed by atoms with van der Waals surface area (Å²) in [5.74, 6) is -1.77. The van der Waals surface area contributed by atoms with Crippen molar-refractivity contribution in [1.29, 1.82) is 0 Å². The van der Waals surface area contributed by atoms with E-state index in [1.165, 1.54) is 41.2 Å². The van der Waals surface area contributed by atoms with Gasteiger partial charge in [0.15, 0.2) is 0 Å². The first-order chi connectivity index (χ1) is 15.4. The number of aromatic nitrogens is 2. The fourth-order valence-electron chi connectivity index (χ4n) is 3.34. The normalized spacial score (nSPS) is 10.8. The number of benzene rings is 3. The Morgan fingerprint density at radius 3 is 2.50 bits per heavy atom. The molecule has 2 N–H and O–H groups in total. The van der Waals surface area contributed by atoms with Gasteiger partial charge in [-0.1, -0.05) is 24.3 Å². The molecule has 0 radical (unpaired) electrons. The van der Waals surface area contributed by atoms with Crippen molar-refractivity contribution < 1.29 is 19.1 Å². The van der Waals surface area contributed by atoms with Gasteiger partial charge in [-0.3, -0.25) is 14.2 Å². The van der Waals surface area contributed by atoms with E-state index in [9.17, 15) is 18.8 Å². The number of fused-ring (bicyclic) bond motifs is 1. The largest absolute Gasteiger partial charge is 0.478 e. The Labute approximate surface area is 181 Å². The summed E-state index contributed by atoms with van der Waals surface area (Å²) in [5, 5.41) is 12.1. The molecule has 4 rings (SSSR count). The van der Waals surface area contributed by atoms with Crippen LogP contribution in [0.15, 0.2) is 77.9 Å². The lowest BCUT2D eigenvalue weighted by molar-refractivity contribution is -0.115. The van der Waals surface area contributed by atoms with E-state index in [0.29, 0.717) is 22.2 Å². The Morgan fingerprint density at radius 1 is 1.00 bits per heavy atom. The van der Waals surface area contributed by atoms with Crippen LogP contribution < -0.4 is 10.9 Å². The van der Waals surface area contributed by atoms with Crippen molar-refractivity contribution in [2.45, 2.75) is 13.0 Å². The number of carbonyl (C=O) groups is 2. The van der Waals surface area contributed by atoms with Crippen molar-refractivity contribution in [2.24, 2.45) is 0 Å². The number of nitrogens with zero attached hydrogens (tertiary/aromatic N) is 2. The van der Waals surface area contributed by atoms with Gasteiger partial charge >= 0.3 is 5.97 Å². The van der Waals surface area contributed by atoms with Gasteiger partial charge in [-0.2, -0.15) is 0 Å². The van der Waals surface area contributed by atoms with Crippen LogP contribution in [-0.4, -0.2) is 26.5 Å². The third kappa shape index (κ3) is 4.70. The fourth-order valence-corrected chi connectivity index (χ4v) is 3.34. The Morgan fingerprint density at radius 2 is 1.78 bits per heavy atom. The van der Waals surface area contributed by atoms with Crippen LogP contribution in [0.25, 0.3) is 10.9 Å². The van der Waals surface area contributed by atoms with E-state index in [-0.39, 0.29) is 30.0 Å². The molecule has 0 fully saturated rings. The van der Waals surface area contributed by atoms with Crippen LogP contribution in [0.2, 0.25) is 0 Å². The van der Waals surface area contributed by atoms with E-state index in [1.54, 1.807) is 36.4 Å². The van der Waals surface area contributed by atoms with Crippen LogP contribution >= 0.6 is 0 Å². The van der Waals surface area contributed by atoms with Gasteiger partial charge in [-0.05, 0) is 53.6 Å². The fraction of sp³-hybridized carbons (Fsp3) is 0.0833. The monoisotopic (exact) mass is 431 g/mol. The van der Waals surface area contributed by atoms with Gasteiger partial charge in [-0.15, -0.1) is 0 Å². The molecule has 7 nitrogen and oxygen atoms in total. The molecule has 160 valence electrons. The molecule has 0 saturated heterocycles. The first-order valence-corrected chi connectivity index (χ1v) is 9.75. The average molecular weight is 431 g/mol. The number of hydrogen-bond donors (Lipinski definition) is 2. The first-order valence-electron chi connectivity index (χ1n) is 9.75. The van der Waals surface area contributed by atoms with Crippen LogP contribution in [0.1, 0.15) is 21.5 Å². The van der Waals surface area contributed by atoms with Crippen LogP contribution in [0, 0.1) is 5.82 Å². The summed E-state index contributed by atoms with van der Waals surface area (Å²) in [4.78, 5) is 40.6. The van der Waals surface area contributed by atoms with Crippen LogP contribution in [0.5, 0.6) is 0 Å². The Balaban J connectivity index is 1.55. The summed E-state index contributed by atoms with van der Waals surface area (Å²) in [5.41, 5.74) is 2.07. The van der Waals surface area contributed by atoms with Crippen molar-refractivity contribution in [1.82, 2.24) is 9.55 Å². The molecule has 0 aliphatic heterocycles. The third-order valence-corrected chi connectivity index (χ3v) is 4.92. The molecule has 0 saturated carbocycles. The highest BCUT2D eigenvalue weighted by atomic mass is 19.1. The molecular formula is C24H18FN3O4. The molecular weight excluding hydrogens is 413 g/mol. The summed E-state index contributed by atoms with van der Waals surface area (Å²) < 4.78 is 14.7. The molecule has 4 aromatic rings. The van der Waals surface area contributed by atoms with Gasteiger partial charge in [0.05, 0.1) is 35.8 Å². The van der Waals surface area contributed by atoms with E-state index >= 15 is 0 Å². The minimum Gasteiger partial charge on any atom is -0.478 e. The van der Waals surface area contributed by atoms with Crippen LogP contribution in [0.3, 0.4) is 0 Å². The molecule has 0 bridgehead atoms. The van der Waals surface area contributed by atoms with E-state index < -0.39 is 11.8 Å². The number of hydrogen-bond acceptors (Lipinski definition) is 4. The summed E-state index contributed by atoms with van der Waals surface area (Å²) in [6.45, 7) is 0.220. The molecule has 1 aromatic heterocycles. The van der Waals surface area contributed by atoms with E-state index in [1.807, 2.05) is 0 Å². The summed E-state index contributed by atoms with van der Waals surface area (Å²) in [7, 11) is 0. The minimum atomic E-state index is -1.02. The maximum atomic E-state index is 13.3. The Bertz CT molecular complexity index is 1380. The number of amides is 1. The lowest BCUT2D eigenvalue weighted by atomic mass is 10.1. The van der Waals surface area contributed by atoms with E-state index in [0.717, 1.165) is 5.56 Å². The highest BCUT2D eigenvalue weighted by Gasteiger charge is 2.10. The molecule has 1 amide bonds. The lowest BCUT2D eigenvalue weighted by Crippen LogP contribution is -2.21. The molecule has 0 aliphatic carbocycles. The van der Waals surface area contributed by atoms with Crippen molar-refractivity contribution >= 4 is 28.5 Å². The van der Waals surface area contributed by atoms with Gasteiger partial charge in [0.1, 0.15) is 5.82 Å². The third-order valence-electron chi connectivity index (χ3n) is 4.92. The number of rotatable bonds is 6. The van der Waals surface area contributed by atoms with Gasteiger partial charge < -0.3 is 10.4 Å². The number of anilines is 1. The summed E-state index contributed by atoms with van der Waals surface area (Å²) in [6, 6.07) is 16.9. The quantitative estimate of drug-likeness (QED) is 0.487. The second kappa shape index (κ2) is 8.81. The van der Waals surface area contributed by atoms with Crippen LogP contribution in [0.4, 0.5) is 10.1 Å².